The van der Waals surface area contributed by atoms with E-state index in [0.717, 1.165) is 0 Å². The summed E-state index contributed by atoms with van der Waals surface area (Å²) >= 11 is 6.08. The summed E-state index contributed by atoms with van der Waals surface area (Å²) < 4.78 is 6.63. The van der Waals surface area contributed by atoms with Crippen molar-refractivity contribution in [2.75, 3.05) is 19.0 Å². The highest BCUT2D eigenvalue weighted by molar-refractivity contribution is 6.33. The molecular weight excluding hydrogens is 266 g/mol. The van der Waals surface area contributed by atoms with E-state index in [-0.39, 0.29) is 11.1 Å². The fraction of sp³-hybridized carbons (Fsp3) is 0.692. The van der Waals surface area contributed by atoms with E-state index in [1.54, 1.807) is 7.11 Å². The van der Waals surface area contributed by atoms with Crippen molar-refractivity contribution in [1.82, 2.24) is 9.78 Å². The lowest BCUT2D eigenvalue weighted by molar-refractivity contribution is 0.158. The number of hydrogen-bond donors (Lipinski definition) is 1. The maximum absolute atomic E-state index is 12.3. The summed E-state index contributed by atoms with van der Waals surface area (Å²) in [4.78, 5) is 12.3. The van der Waals surface area contributed by atoms with Crippen molar-refractivity contribution in [2.45, 2.75) is 38.8 Å². The molecule has 1 saturated carbocycles. The van der Waals surface area contributed by atoms with Gasteiger partial charge in [0, 0.05) is 13.7 Å². The topological polar surface area (TPSA) is 56.1 Å². The van der Waals surface area contributed by atoms with Gasteiger partial charge in [0.05, 0.1) is 23.4 Å². The number of anilines is 1. The molecule has 0 radical (unpaired) electrons. The third-order valence-electron chi connectivity index (χ3n) is 3.09. The molecule has 0 unspecified atom stereocenters. The van der Waals surface area contributed by atoms with E-state index in [4.69, 9.17) is 16.3 Å². The second-order valence-electron chi connectivity index (χ2n) is 5.74. The summed E-state index contributed by atoms with van der Waals surface area (Å²) in [5, 5.41) is 7.60. The second-order valence-corrected chi connectivity index (χ2v) is 6.15. The van der Waals surface area contributed by atoms with Gasteiger partial charge in [0.25, 0.3) is 5.56 Å². The Bertz CT molecular complexity index is 509. The molecule has 1 aromatic heterocycles. The van der Waals surface area contributed by atoms with Gasteiger partial charge in [-0.15, -0.1) is 0 Å². The van der Waals surface area contributed by atoms with E-state index in [1.165, 1.54) is 23.7 Å². The maximum Gasteiger partial charge on any atom is 0.291 e. The number of halogens is 1. The van der Waals surface area contributed by atoms with E-state index in [2.05, 4.69) is 10.4 Å². The van der Waals surface area contributed by atoms with E-state index in [9.17, 15) is 4.79 Å². The summed E-state index contributed by atoms with van der Waals surface area (Å²) in [6.07, 6.45) is 3.87. The molecule has 1 aliphatic rings. The number of ether oxygens (including phenoxy) is 1. The molecule has 0 atom stereocenters. The van der Waals surface area contributed by atoms with Gasteiger partial charge in [0.1, 0.15) is 5.69 Å². The number of hydrogen-bond acceptors (Lipinski definition) is 4. The third kappa shape index (κ3) is 3.70. The lowest BCUT2D eigenvalue weighted by Crippen LogP contribution is -2.39. The highest BCUT2D eigenvalue weighted by Gasteiger charge is 2.25. The number of methoxy groups -OCH3 is 1. The zero-order valence-electron chi connectivity index (χ0n) is 11.6. The number of nitrogens with zero attached hydrogens (tertiary/aromatic N) is 2. The predicted molar refractivity (Wildman–Crippen MR) is 75.8 cm³/mol. The normalized spacial score (nSPS) is 15.6. The number of nitrogens with one attached hydrogen (secondary N) is 1. The minimum absolute atomic E-state index is 0.163. The van der Waals surface area contributed by atoms with Crippen LogP contribution in [-0.4, -0.2) is 29.0 Å². The standard InChI is InChI=1S/C13H20ClN3O2/c1-13(2,8-19-3)16-11-10(14)6-15-17(12(11)18)7-9-4-5-9/h6,9,16H,4-5,7-8H2,1-3H3. The Hall–Kier alpha value is -1.07. The summed E-state index contributed by atoms with van der Waals surface area (Å²) in [6.45, 7) is 5.07. The Balaban J connectivity index is 2.25. The molecule has 2 rings (SSSR count). The summed E-state index contributed by atoms with van der Waals surface area (Å²) in [6, 6.07) is 0. The van der Waals surface area contributed by atoms with Crippen molar-refractivity contribution in [3.8, 4) is 0 Å². The van der Waals surface area contributed by atoms with Crippen molar-refractivity contribution in [2.24, 2.45) is 5.92 Å². The lowest BCUT2D eigenvalue weighted by Gasteiger charge is -2.26. The molecule has 1 fully saturated rings. The van der Waals surface area contributed by atoms with Gasteiger partial charge in [-0.3, -0.25) is 4.79 Å². The van der Waals surface area contributed by atoms with Gasteiger partial charge < -0.3 is 10.1 Å². The third-order valence-corrected chi connectivity index (χ3v) is 3.38. The van der Waals surface area contributed by atoms with Crippen LogP contribution < -0.4 is 10.9 Å². The molecule has 1 aromatic rings. The van der Waals surface area contributed by atoms with Crippen LogP contribution in [0.4, 0.5) is 5.69 Å². The van der Waals surface area contributed by atoms with E-state index >= 15 is 0 Å². The lowest BCUT2D eigenvalue weighted by atomic mass is 10.1. The molecular formula is C13H20ClN3O2. The zero-order valence-corrected chi connectivity index (χ0v) is 12.3. The molecule has 0 aromatic carbocycles. The minimum Gasteiger partial charge on any atom is -0.382 e. The number of aromatic nitrogens is 2. The molecule has 0 aliphatic heterocycles. The minimum atomic E-state index is -0.365. The molecule has 5 nitrogen and oxygen atoms in total. The van der Waals surface area contributed by atoms with Crippen molar-refractivity contribution >= 4 is 17.3 Å². The van der Waals surface area contributed by atoms with Crippen LogP contribution in [-0.2, 0) is 11.3 Å². The van der Waals surface area contributed by atoms with Gasteiger partial charge in [0.2, 0.25) is 0 Å². The highest BCUT2D eigenvalue weighted by Crippen LogP contribution is 2.30. The van der Waals surface area contributed by atoms with Gasteiger partial charge in [-0.05, 0) is 32.6 Å². The van der Waals surface area contributed by atoms with Gasteiger partial charge in [-0.1, -0.05) is 11.6 Å². The van der Waals surface area contributed by atoms with Gasteiger partial charge in [-0.25, -0.2) is 4.68 Å². The van der Waals surface area contributed by atoms with Crippen LogP contribution >= 0.6 is 11.6 Å². The van der Waals surface area contributed by atoms with Gasteiger partial charge in [0.15, 0.2) is 0 Å². The molecule has 106 valence electrons. The zero-order chi connectivity index (χ0) is 14.0. The average molecular weight is 286 g/mol. The first kappa shape index (κ1) is 14.3. The first-order valence-electron chi connectivity index (χ1n) is 6.46. The van der Waals surface area contributed by atoms with Crippen LogP contribution in [0.1, 0.15) is 26.7 Å². The van der Waals surface area contributed by atoms with Crippen LogP contribution in [0.25, 0.3) is 0 Å². The SMILES string of the molecule is COCC(C)(C)Nc1c(Cl)cnn(CC2CC2)c1=O. The van der Waals surface area contributed by atoms with Crippen molar-refractivity contribution < 1.29 is 4.74 Å². The molecule has 1 heterocycles. The van der Waals surface area contributed by atoms with Crippen LogP contribution in [0.3, 0.4) is 0 Å². The Morgan fingerprint density at radius 2 is 2.26 bits per heavy atom. The Labute approximate surface area is 117 Å². The molecule has 6 heteroatoms. The second kappa shape index (κ2) is 5.51. The van der Waals surface area contributed by atoms with Crippen LogP contribution in [0, 0.1) is 5.92 Å². The van der Waals surface area contributed by atoms with Crippen LogP contribution in [0.2, 0.25) is 5.02 Å². The molecule has 1 aliphatic carbocycles. The molecule has 1 N–H and O–H groups in total. The van der Waals surface area contributed by atoms with E-state index < -0.39 is 0 Å². The Morgan fingerprint density at radius 3 is 2.84 bits per heavy atom. The smallest absolute Gasteiger partial charge is 0.291 e. The molecule has 0 saturated heterocycles. The Morgan fingerprint density at radius 1 is 1.58 bits per heavy atom. The van der Waals surface area contributed by atoms with Crippen LogP contribution in [0.15, 0.2) is 11.0 Å². The highest BCUT2D eigenvalue weighted by atomic mass is 35.5. The molecule has 0 bridgehead atoms. The first-order valence-corrected chi connectivity index (χ1v) is 6.83. The summed E-state index contributed by atoms with van der Waals surface area (Å²) in [7, 11) is 1.63. The quantitative estimate of drug-likeness (QED) is 0.870. The molecule has 19 heavy (non-hydrogen) atoms. The predicted octanol–water partition coefficient (Wildman–Crippen LogP) is 2.14. The van der Waals surface area contributed by atoms with Crippen molar-refractivity contribution in [3.63, 3.8) is 0 Å². The number of rotatable bonds is 6. The summed E-state index contributed by atoms with van der Waals surface area (Å²) in [5.41, 5.74) is -0.126. The van der Waals surface area contributed by atoms with Crippen LogP contribution in [0.5, 0.6) is 0 Å². The summed E-state index contributed by atoms with van der Waals surface area (Å²) in [5.74, 6) is 0.589. The largest absolute Gasteiger partial charge is 0.382 e. The van der Waals surface area contributed by atoms with Crippen molar-refractivity contribution in [1.29, 1.82) is 0 Å². The monoisotopic (exact) mass is 285 g/mol. The first-order chi connectivity index (χ1) is 8.93. The Kier molecular flexibility index (Phi) is 4.16. The fourth-order valence-corrected chi connectivity index (χ4v) is 2.16. The molecule has 0 spiro atoms. The van der Waals surface area contributed by atoms with Gasteiger partial charge >= 0.3 is 0 Å². The molecule has 0 amide bonds. The van der Waals surface area contributed by atoms with Gasteiger partial charge in [-0.2, -0.15) is 5.10 Å². The maximum atomic E-state index is 12.3. The van der Waals surface area contributed by atoms with Crippen molar-refractivity contribution in [3.05, 3.63) is 21.6 Å². The van der Waals surface area contributed by atoms with E-state index in [0.29, 0.717) is 29.8 Å². The fourth-order valence-electron chi connectivity index (χ4n) is 1.99. The van der Waals surface area contributed by atoms with E-state index in [1.807, 2.05) is 13.8 Å². The average Bonchev–Trinajstić information content (AvgIpc) is 3.12.